The van der Waals surface area contributed by atoms with Gasteiger partial charge in [0, 0.05) is 12.8 Å². The van der Waals surface area contributed by atoms with E-state index in [0.717, 1.165) is 6.04 Å². The molecule has 0 spiro atoms. The molecular formula is C17H26OSi. The van der Waals surface area contributed by atoms with Gasteiger partial charge in [0.05, 0.1) is 8.07 Å². The predicted octanol–water partition coefficient (Wildman–Crippen LogP) is 4.16. The second-order valence-electron chi connectivity index (χ2n) is 6.08. The van der Waals surface area contributed by atoms with Gasteiger partial charge in [0.25, 0.3) is 0 Å². The maximum absolute atomic E-state index is 11.5. The molecule has 1 atom stereocenters. The van der Waals surface area contributed by atoms with Crippen molar-refractivity contribution < 1.29 is 4.79 Å². The second kappa shape index (κ2) is 6.85. The van der Waals surface area contributed by atoms with Crippen molar-refractivity contribution in [2.75, 3.05) is 0 Å². The van der Waals surface area contributed by atoms with Crippen LogP contribution < -0.4 is 5.19 Å². The van der Waals surface area contributed by atoms with Crippen molar-refractivity contribution in [3.05, 3.63) is 42.5 Å². The number of hydrogen-bond acceptors (Lipinski definition) is 1. The Bertz CT molecular complexity index is 434. The van der Waals surface area contributed by atoms with Crippen LogP contribution in [-0.2, 0) is 4.79 Å². The van der Waals surface area contributed by atoms with Gasteiger partial charge in [0.2, 0.25) is 0 Å². The molecule has 0 aliphatic heterocycles. The Morgan fingerprint density at radius 2 is 1.84 bits per heavy atom. The first-order valence-corrected chi connectivity index (χ1v) is 10.3. The van der Waals surface area contributed by atoms with Gasteiger partial charge in [0.1, 0.15) is 5.78 Å². The molecule has 1 unspecified atom stereocenters. The zero-order valence-electron chi connectivity index (χ0n) is 12.7. The van der Waals surface area contributed by atoms with Crippen LogP contribution in [0.1, 0.15) is 26.7 Å². The summed E-state index contributed by atoms with van der Waals surface area (Å²) in [5, 5.41) is 1.46. The van der Waals surface area contributed by atoms with Crippen LogP contribution in [0.5, 0.6) is 0 Å². The molecule has 0 fully saturated rings. The lowest BCUT2D eigenvalue weighted by atomic mass is 9.97. The molecule has 0 aliphatic rings. The normalized spacial score (nSPS) is 13.1. The third kappa shape index (κ3) is 4.79. The van der Waals surface area contributed by atoms with Crippen LogP contribution in [0.4, 0.5) is 0 Å². The van der Waals surface area contributed by atoms with Crippen LogP contribution in [0.15, 0.2) is 42.5 Å². The van der Waals surface area contributed by atoms with E-state index in [1.165, 1.54) is 10.8 Å². The van der Waals surface area contributed by atoms with Crippen LogP contribution in [-0.4, -0.2) is 13.9 Å². The number of ketones is 1. The summed E-state index contributed by atoms with van der Waals surface area (Å²) in [6.07, 6.45) is 1.28. The highest BCUT2D eigenvalue weighted by Crippen LogP contribution is 2.24. The van der Waals surface area contributed by atoms with E-state index in [0.29, 0.717) is 24.5 Å². The molecule has 0 aliphatic carbocycles. The summed E-state index contributed by atoms with van der Waals surface area (Å²) in [5.41, 5.74) is 1.24. The Morgan fingerprint density at radius 1 is 1.26 bits per heavy atom. The predicted molar refractivity (Wildman–Crippen MR) is 86.6 cm³/mol. The van der Waals surface area contributed by atoms with Gasteiger partial charge in [-0.25, -0.2) is 0 Å². The lowest BCUT2D eigenvalue weighted by Gasteiger charge is -2.26. The van der Waals surface area contributed by atoms with Crippen molar-refractivity contribution >= 4 is 19.0 Å². The Labute approximate surface area is 118 Å². The fourth-order valence-electron chi connectivity index (χ4n) is 2.36. The average Bonchev–Trinajstić information content (AvgIpc) is 2.39. The van der Waals surface area contributed by atoms with E-state index in [9.17, 15) is 4.79 Å². The largest absolute Gasteiger partial charge is 0.300 e. The first-order chi connectivity index (χ1) is 8.86. The van der Waals surface area contributed by atoms with E-state index in [4.69, 9.17) is 0 Å². The molecule has 1 nitrogen and oxygen atoms in total. The summed E-state index contributed by atoms with van der Waals surface area (Å²) in [7, 11) is -1.48. The summed E-state index contributed by atoms with van der Waals surface area (Å²) in [5.74, 6) is 0.649. The number of benzene rings is 1. The molecule has 0 aromatic heterocycles. The number of carbonyl (C=O) groups excluding carboxylic acids is 1. The molecule has 1 aromatic rings. The van der Waals surface area contributed by atoms with Gasteiger partial charge in [-0.05, 0) is 12.0 Å². The van der Waals surface area contributed by atoms with Crippen LogP contribution in [0, 0.1) is 5.92 Å². The zero-order chi connectivity index (χ0) is 14.5. The third-order valence-corrected chi connectivity index (χ3v) is 7.08. The van der Waals surface area contributed by atoms with E-state index in [1.807, 2.05) is 6.92 Å². The highest BCUT2D eigenvalue weighted by Gasteiger charge is 2.26. The number of carbonyl (C=O) groups is 1. The maximum Gasteiger partial charge on any atom is 0.133 e. The van der Waals surface area contributed by atoms with Gasteiger partial charge in [-0.15, -0.1) is 0 Å². The summed E-state index contributed by atoms with van der Waals surface area (Å²) < 4.78 is 0. The minimum atomic E-state index is -1.48. The van der Waals surface area contributed by atoms with Gasteiger partial charge in [-0.1, -0.05) is 74.6 Å². The molecule has 0 saturated carbocycles. The SMILES string of the molecule is C=C(C[Si](C)(C)c1ccccc1)C(C)CC(=O)CC. The molecule has 2 heteroatoms. The maximum atomic E-state index is 11.5. The zero-order valence-corrected chi connectivity index (χ0v) is 13.7. The van der Waals surface area contributed by atoms with E-state index in [2.05, 4.69) is 56.9 Å². The smallest absolute Gasteiger partial charge is 0.133 e. The van der Waals surface area contributed by atoms with E-state index >= 15 is 0 Å². The Hall–Kier alpha value is -1.15. The average molecular weight is 274 g/mol. The van der Waals surface area contributed by atoms with Crippen molar-refractivity contribution in [1.82, 2.24) is 0 Å². The minimum Gasteiger partial charge on any atom is -0.300 e. The van der Waals surface area contributed by atoms with Crippen molar-refractivity contribution in [2.24, 2.45) is 5.92 Å². The van der Waals surface area contributed by atoms with Gasteiger partial charge >= 0.3 is 0 Å². The molecule has 0 N–H and O–H groups in total. The van der Waals surface area contributed by atoms with E-state index in [1.54, 1.807) is 0 Å². The fourth-order valence-corrected chi connectivity index (χ4v) is 5.15. The number of rotatable bonds is 7. The van der Waals surface area contributed by atoms with E-state index < -0.39 is 8.07 Å². The van der Waals surface area contributed by atoms with Crippen LogP contribution >= 0.6 is 0 Å². The highest BCUT2D eigenvalue weighted by molar-refractivity contribution is 6.90. The Kier molecular flexibility index (Phi) is 5.74. The summed E-state index contributed by atoms with van der Waals surface area (Å²) in [6.45, 7) is 13.1. The van der Waals surface area contributed by atoms with E-state index in [-0.39, 0.29) is 0 Å². The third-order valence-electron chi connectivity index (χ3n) is 3.85. The monoisotopic (exact) mass is 274 g/mol. The fraction of sp³-hybridized carbons (Fsp3) is 0.471. The number of Topliss-reactive ketones (excluding diaryl/α,β-unsaturated/α-hetero) is 1. The minimum absolute atomic E-state index is 0.308. The summed E-state index contributed by atoms with van der Waals surface area (Å²) >= 11 is 0. The molecule has 1 aromatic carbocycles. The summed E-state index contributed by atoms with van der Waals surface area (Å²) in [6, 6.07) is 11.8. The first kappa shape index (κ1) is 15.9. The molecule has 19 heavy (non-hydrogen) atoms. The summed E-state index contributed by atoms with van der Waals surface area (Å²) in [4.78, 5) is 11.5. The lowest BCUT2D eigenvalue weighted by molar-refractivity contribution is -0.119. The van der Waals surface area contributed by atoms with Crippen molar-refractivity contribution in [2.45, 2.75) is 45.8 Å². The molecule has 0 amide bonds. The number of allylic oxidation sites excluding steroid dienone is 1. The topological polar surface area (TPSA) is 17.1 Å². The van der Waals surface area contributed by atoms with Crippen LogP contribution in [0.25, 0.3) is 0 Å². The standard InChI is InChI=1S/C17H26OSi/c1-6-16(18)12-14(2)15(3)13-19(4,5)17-10-8-7-9-11-17/h7-11,14H,3,6,12-13H2,1-2,4-5H3. The highest BCUT2D eigenvalue weighted by atomic mass is 28.3. The molecule has 1 rings (SSSR count). The van der Waals surface area contributed by atoms with Gasteiger partial charge in [0.15, 0.2) is 0 Å². The lowest BCUT2D eigenvalue weighted by Crippen LogP contribution is -2.41. The van der Waals surface area contributed by atoms with Crippen molar-refractivity contribution in [1.29, 1.82) is 0 Å². The van der Waals surface area contributed by atoms with Gasteiger partial charge < -0.3 is 0 Å². The molecule has 104 valence electrons. The van der Waals surface area contributed by atoms with Crippen LogP contribution in [0.3, 0.4) is 0 Å². The molecule has 0 radical (unpaired) electrons. The first-order valence-electron chi connectivity index (χ1n) is 7.11. The molecular weight excluding hydrogens is 248 g/mol. The van der Waals surface area contributed by atoms with Gasteiger partial charge in [-0.2, -0.15) is 0 Å². The number of hydrogen-bond donors (Lipinski definition) is 0. The Balaban J connectivity index is 2.68. The molecule has 0 heterocycles. The Morgan fingerprint density at radius 3 is 2.37 bits per heavy atom. The van der Waals surface area contributed by atoms with Crippen LogP contribution in [0.2, 0.25) is 19.1 Å². The quantitative estimate of drug-likeness (QED) is 0.539. The molecule has 0 saturated heterocycles. The molecule has 0 bridgehead atoms. The van der Waals surface area contributed by atoms with Gasteiger partial charge in [-0.3, -0.25) is 4.79 Å². The van der Waals surface area contributed by atoms with Crippen molar-refractivity contribution in [3.8, 4) is 0 Å². The second-order valence-corrected chi connectivity index (χ2v) is 10.8. The van der Waals surface area contributed by atoms with Crippen molar-refractivity contribution in [3.63, 3.8) is 0 Å².